The van der Waals surface area contributed by atoms with E-state index < -0.39 is 5.82 Å². The number of hydrogen-bond acceptors (Lipinski definition) is 4. The van der Waals surface area contributed by atoms with Crippen LogP contribution in [0.15, 0.2) is 54.2 Å². The van der Waals surface area contributed by atoms with Crippen molar-refractivity contribution in [2.75, 3.05) is 24.6 Å². The van der Waals surface area contributed by atoms with Gasteiger partial charge in [-0.05, 0) is 66.6 Å². The van der Waals surface area contributed by atoms with Crippen LogP contribution in [0.25, 0.3) is 5.57 Å². The number of likely N-dealkylation sites (tertiary alicyclic amines) is 1. The van der Waals surface area contributed by atoms with Crippen molar-refractivity contribution in [3.05, 3.63) is 65.6 Å². The molecular weight excluding hydrogens is 407 g/mol. The highest BCUT2D eigenvalue weighted by Gasteiger charge is 2.43. The van der Waals surface area contributed by atoms with Crippen molar-refractivity contribution >= 4 is 23.1 Å². The predicted octanol–water partition coefficient (Wildman–Crippen LogP) is 4.88. The fraction of sp³-hybridized carbons (Fsp3) is 0.385. The Bertz CT molecular complexity index is 1020. The van der Waals surface area contributed by atoms with Gasteiger partial charge in [0.1, 0.15) is 17.3 Å². The first-order valence-corrected chi connectivity index (χ1v) is 11.2. The highest BCUT2D eigenvalue weighted by Crippen LogP contribution is 2.36. The maximum absolute atomic E-state index is 13.5. The van der Waals surface area contributed by atoms with Gasteiger partial charge in [-0.25, -0.2) is 9.29 Å². The molecule has 0 unspecified atom stereocenters. The van der Waals surface area contributed by atoms with Crippen molar-refractivity contribution in [3.63, 3.8) is 0 Å². The van der Waals surface area contributed by atoms with E-state index in [4.69, 9.17) is 4.74 Å². The van der Waals surface area contributed by atoms with Crippen molar-refractivity contribution < 1.29 is 18.7 Å². The molecule has 0 atom stereocenters. The number of benzene rings is 2. The van der Waals surface area contributed by atoms with E-state index in [9.17, 15) is 14.0 Å². The standard InChI is InChI=1S/C26H29FN2O3/c1-17(2)16-32-22-10-4-19(5-11-22)23-24(28-14-12-18(3)13-15-28)26(31)29(25(23)30)21-8-6-20(27)7-9-21/h4-11,17-18H,12-16H2,1-3H3. The summed E-state index contributed by atoms with van der Waals surface area (Å²) in [5.74, 6) is 0.570. The zero-order chi connectivity index (χ0) is 22.8. The van der Waals surface area contributed by atoms with E-state index in [0.717, 1.165) is 36.6 Å². The monoisotopic (exact) mass is 436 g/mol. The number of anilines is 1. The molecule has 2 aromatic rings. The molecular formula is C26H29FN2O3. The zero-order valence-corrected chi connectivity index (χ0v) is 18.8. The maximum Gasteiger partial charge on any atom is 0.282 e. The molecule has 2 aromatic carbocycles. The van der Waals surface area contributed by atoms with Gasteiger partial charge in [0.2, 0.25) is 0 Å². The summed E-state index contributed by atoms with van der Waals surface area (Å²) in [5, 5.41) is 0. The Morgan fingerprint density at radius 1 is 0.969 bits per heavy atom. The van der Waals surface area contributed by atoms with E-state index in [1.54, 1.807) is 0 Å². The van der Waals surface area contributed by atoms with Crippen molar-refractivity contribution in [2.24, 2.45) is 11.8 Å². The number of rotatable bonds is 6. The molecule has 5 nitrogen and oxygen atoms in total. The summed E-state index contributed by atoms with van der Waals surface area (Å²) in [7, 11) is 0. The number of carbonyl (C=O) groups is 2. The number of amides is 2. The van der Waals surface area contributed by atoms with E-state index in [-0.39, 0.29) is 11.8 Å². The summed E-state index contributed by atoms with van der Waals surface area (Å²) < 4.78 is 19.2. The normalized spacial score (nSPS) is 17.7. The Labute approximate surface area is 188 Å². The molecule has 0 spiro atoms. The van der Waals surface area contributed by atoms with Gasteiger partial charge >= 0.3 is 0 Å². The first-order chi connectivity index (χ1) is 15.3. The highest BCUT2D eigenvalue weighted by atomic mass is 19.1. The van der Waals surface area contributed by atoms with Crippen LogP contribution in [0.3, 0.4) is 0 Å². The molecule has 0 bridgehead atoms. The molecule has 2 aliphatic rings. The Balaban J connectivity index is 1.71. The first kappa shape index (κ1) is 22.1. The van der Waals surface area contributed by atoms with Crippen LogP contribution < -0.4 is 9.64 Å². The number of imide groups is 1. The number of ether oxygens (including phenoxy) is 1. The third-order valence-electron chi connectivity index (χ3n) is 5.97. The Morgan fingerprint density at radius 3 is 2.19 bits per heavy atom. The second-order valence-corrected chi connectivity index (χ2v) is 9.04. The van der Waals surface area contributed by atoms with Crippen LogP contribution in [0.2, 0.25) is 0 Å². The summed E-state index contributed by atoms with van der Waals surface area (Å²) in [6.45, 7) is 8.43. The van der Waals surface area contributed by atoms with E-state index in [0.29, 0.717) is 41.0 Å². The smallest absolute Gasteiger partial charge is 0.282 e. The molecule has 168 valence electrons. The molecule has 4 rings (SSSR count). The molecule has 1 fully saturated rings. The molecule has 2 amide bonds. The number of carbonyl (C=O) groups excluding carboxylic acids is 2. The highest BCUT2D eigenvalue weighted by molar-refractivity contribution is 6.45. The lowest BCUT2D eigenvalue weighted by atomic mass is 9.97. The zero-order valence-electron chi connectivity index (χ0n) is 18.8. The minimum absolute atomic E-state index is 0.355. The van der Waals surface area contributed by atoms with Gasteiger partial charge in [0.25, 0.3) is 11.8 Å². The predicted molar refractivity (Wildman–Crippen MR) is 123 cm³/mol. The van der Waals surface area contributed by atoms with Crippen molar-refractivity contribution in [2.45, 2.75) is 33.6 Å². The number of hydrogen-bond donors (Lipinski definition) is 0. The van der Waals surface area contributed by atoms with Crippen LogP contribution in [-0.4, -0.2) is 36.4 Å². The van der Waals surface area contributed by atoms with E-state index >= 15 is 0 Å². The minimum Gasteiger partial charge on any atom is -0.493 e. The Hall–Kier alpha value is -3.15. The second kappa shape index (κ2) is 9.15. The first-order valence-electron chi connectivity index (χ1n) is 11.2. The SMILES string of the molecule is CC(C)COc1ccc(C2=C(N3CCC(C)CC3)C(=O)N(c3ccc(F)cc3)C2=O)cc1. The van der Waals surface area contributed by atoms with Gasteiger partial charge in [-0.2, -0.15) is 0 Å². The lowest BCUT2D eigenvalue weighted by Gasteiger charge is -2.32. The number of halogens is 1. The average Bonchev–Trinajstić information content (AvgIpc) is 3.04. The minimum atomic E-state index is -0.414. The topological polar surface area (TPSA) is 49.9 Å². The summed E-state index contributed by atoms with van der Waals surface area (Å²) in [4.78, 5) is 30.2. The lowest BCUT2D eigenvalue weighted by molar-refractivity contribution is -0.120. The maximum atomic E-state index is 13.5. The van der Waals surface area contributed by atoms with Crippen LogP contribution in [-0.2, 0) is 9.59 Å². The van der Waals surface area contributed by atoms with Gasteiger partial charge in [0.15, 0.2) is 0 Å². The van der Waals surface area contributed by atoms with E-state index in [2.05, 4.69) is 20.8 Å². The van der Waals surface area contributed by atoms with Crippen molar-refractivity contribution in [1.29, 1.82) is 0 Å². The quantitative estimate of drug-likeness (QED) is 0.606. The van der Waals surface area contributed by atoms with Gasteiger partial charge in [0.05, 0.1) is 17.9 Å². The molecule has 2 aliphatic heterocycles. The number of nitrogens with zero attached hydrogens (tertiary/aromatic N) is 2. The van der Waals surface area contributed by atoms with Crippen LogP contribution in [0.5, 0.6) is 5.75 Å². The van der Waals surface area contributed by atoms with Gasteiger partial charge in [-0.3, -0.25) is 9.59 Å². The molecule has 0 N–H and O–H groups in total. The van der Waals surface area contributed by atoms with Gasteiger partial charge < -0.3 is 9.64 Å². The third-order valence-corrected chi connectivity index (χ3v) is 5.97. The van der Waals surface area contributed by atoms with Crippen molar-refractivity contribution in [3.8, 4) is 5.75 Å². The fourth-order valence-corrected chi connectivity index (χ4v) is 4.11. The van der Waals surface area contributed by atoms with Crippen LogP contribution in [0.1, 0.15) is 39.2 Å². The average molecular weight is 437 g/mol. The van der Waals surface area contributed by atoms with Gasteiger partial charge in [0, 0.05) is 13.1 Å². The van der Waals surface area contributed by atoms with E-state index in [1.807, 2.05) is 29.2 Å². The molecule has 0 aromatic heterocycles. The fourth-order valence-electron chi connectivity index (χ4n) is 4.11. The largest absolute Gasteiger partial charge is 0.493 e. The summed E-state index contributed by atoms with van der Waals surface area (Å²) in [6.07, 6.45) is 1.94. The molecule has 0 radical (unpaired) electrons. The third kappa shape index (κ3) is 4.40. The molecule has 0 saturated carbocycles. The van der Waals surface area contributed by atoms with Gasteiger partial charge in [-0.1, -0.05) is 32.9 Å². The molecule has 6 heteroatoms. The summed E-state index contributed by atoms with van der Waals surface area (Å²) in [5.41, 5.74) is 1.88. The summed E-state index contributed by atoms with van der Waals surface area (Å²) in [6, 6.07) is 12.8. The molecule has 0 aliphatic carbocycles. The Kier molecular flexibility index (Phi) is 6.31. The van der Waals surface area contributed by atoms with Gasteiger partial charge in [-0.15, -0.1) is 0 Å². The molecule has 32 heavy (non-hydrogen) atoms. The molecule has 2 heterocycles. The van der Waals surface area contributed by atoms with Crippen LogP contribution >= 0.6 is 0 Å². The van der Waals surface area contributed by atoms with E-state index in [1.165, 1.54) is 24.3 Å². The van der Waals surface area contributed by atoms with Crippen molar-refractivity contribution in [1.82, 2.24) is 4.90 Å². The Morgan fingerprint density at radius 2 is 1.59 bits per heavy atom. The second-order valence-electron chi connectivity index (χ2n) is 9.04. The summed E-state index contributed by atoms with van der Waals surface area (Å²) >= 11 is 0. The van der Waals surface area contributed by atoms with Crippen LogP contribution in [0.4, 0.5) is 10.1 Å². The van der Waals surface area contributed by atoms with Crippen LogP contribution in [0, 0.1) is 17.7 Å². The number of piperidine rings is 1. The molecule has 1 saturated heterocycles. The lowest BCUT2D eigenvalue weighted by Crippen LogP contribution is -2.38.